The lowest BCUT2D eigenvalue weighted by atomic mass is 10.0. The molecule has 0 amide bonds. The highest BCUT2D eigenvalue weighted by Crippen LogP contribution is 2.30. The molecule has 3 nitrogen and oxygen atoms in total. The van der Waals surface area contributed by atoms with E-state index in [1.54, 1.807) is 6.07 Å². The fourth-order valence-electron chi connectivity index (χ4n) is 3.04. The average molecular weight is 331 g/mol. The van der Waals surface area contributed by atoms with Crippen LogP contribution < -0.4 is 5.73 Å². The van der Waals surface area contributed by atoms with Crippen LogP contribution >= 0.6 is 23.2 Å². The van der Waals surface area contributed by atoms with Gasteiger partial charge < -0.3 is 10.5 Å². The number of ether oxygens (including phenoxy) is 1. The zero-order valence-corrected chi connectivity index (χ0v) is 14.4. The normalized spacial score (nSPS) is 24.0. The van der Waals surface area contributed by atoms with Crippen LogP contribution in [0.15, 0.2) is 18.2 Å². The molecule has 2 rings (SSSR count). The smallest absolute Gasteiger partial charge is 0.0757 e. The maximum atomic E-state index is 6.28. The third-order valence-corrected chi connectivity index (χ3v) is 4.61. The Morgan fingerprint density at radius 3 is 2.81 bits per heavy atom. The van der Waals surface area contributed by atoms with Crippen LogP contribution in [0.1, 0.15) is 38.8 Å². The molecular formula is C16H24Cl2N2O. The highest BCUT2D eigenvalue weighted by molar-refractivity contribution is 6.42. The molecule has 1 aromatic rings. The summed E-state index contributed by atoms with van der Waals surface area (Å²) in [5, 5.41) is 1.13. The first-order valence-corrected chi connectivity index (χ1v) is 8.14. The predicted molar refractivity (Wildman–Crippen MR) is 89.1 cm³/mol. The van der Waals surface area contributed by atoms with Crippen molar-refractivity contribution in [3.05, 3.63) is 33.8 Å². The average Bonchev–Trinajstić information content (AvgIpc) is 2.37. The van der Waals surface area contributed by atoms with Crippen molar-refractivity contribution in [1.29, 1.82) is 0 Å². The minimum atomic E-state index is -0.102. The Balaban J connectivity index is 1.95. The number of rotatable bonds is 4. The fraction of sp³-hybridized carbons (Fsp3) is 0.625. The molecule has 0 saturated carbocycles. The van der Waals surface area contributed by atoms with Crippen molar-refractivity contribution >= 4 is 23.2 Å². The maximum Gasteiger partial charge on any atom is 0.0757 e. The van der Waals surface area contributed by atoms with Crippen LogP contribution in [0.4, 0.5) is 0 Å². The molecule has 0 radical (unpaired) electrons. The zero-order chi connectivity index (χ0) is 15.6. The van der Waals surface area contributed by atoms with E-state index in [0.29, 0.717) is 10.0 Å². The Labute approximate surface area is 137 Å². The van der Waals surface area contributed by atoms with Gasteiger partial charge in [0.05, 0.1) is 21.8 Å². The van der Waals surface area contributed by atoms with Crippen molar-refractivity contribution in [2.24, 2.45) is 5.73 Å². The van der Waals surface area contributed by atoms with E-state index in [2.05, 4.69) is 25.7 Å². The van der Waals surface area contributed by atoms with E-state index in [9.17, 15) is 0 Å². The summed E-state index contributed by atoms with van der Waals surface area (Å²) in [7, 11) is 0. The lowest BCUT2D eigenvalue weighted by molar-refractivity contribution is -0.128. The van der Waals surface area contributed by atoms with Gasteiger partial charge in [0.1, 0.15) is 0 Å². The van der Waals surface area contributed by atoms with Gasteiger partial charge in [-0.05, 0) is 38.8 Å². The molecule has 1 aromatic carbocycles. The molecule has 1 fully saturated rings. The van der Waals surface area contributed by atoms with Crippen LogP contribution in [0.2, 0.25) is 10.0 Å². The van der Waals surface area contributed by atoms with E-state index in [0.717, 1.165) is 31.6 Å². The van der Waals surface area contributed by atoms with Crippen LogP contribution in [-0.2, 0) is 4.74 Å². The van der Waals surface area contributed by atoms with Gasteiger partial charge in [-0.1, -0.05) is 35.3 Å². The number of morpholine rings is 1. The minimum Gasteiger partial charge on any atom is -0.370 e. The quantitative estimate of drug-likeness (QED) is 0.910. The number of nitrogens with two attached hydrogens (primary N) is 1. The summed E-state index contributed by atoms with van der Waals surface area (Å²) in [6, 6.07) is 5.53. The van der Waals surface area contributed by atoms with Gasteiger partial charge in [-0.25, -0.2) is 0 Å². The summed E-state index contributed by atoms with van der Waals surface area (Å²) in [6.45, 7) is 9.17. The monoisotopic (exact) mass is 330 g/mol. The predicted octanol–water partition coefficient (Wildman–Crippen LogP) is 3.88. The van der Waals surface area contributed by atoms with Gasteiger partial charge in [0.15, 0.2) is 0 Å². The molecule has 0 spiro atoms. The molecule has 2 N–H and O–H groups in total. The molecule has 118 valence electrons. The van der Waals surface area contributed by atoms with Crippen molar-refractivity contribution in [1.82, 2.24) is 4.90 Å². The van der Waals surface area contributed by atoms with Gasteiger partial charge in [0.25, 0.3) is 0 Å². The summed E-state index contributed by atoms with van der Waals surface area (Å²) in [5.41, 5.74) is 7.10. The molecule has 1 saturated heterocycles. The lowest BCUT2D eigenvalue weighted by Crippen LogP contribution is -2.52. The maximum absolute atomic E-state index is 6.28. The zero-order valence-electron chi connectivity index (χ0n) is 12.9. The molecule has 2 atom stereocenters. The van der Waals surface area contributed by atoms with Gasteiger partial charge >= 0.3 is 0 Å². The highest BCUT2D eigenvalue weighted by Gasteiger charge is 2.31. The Bertz CT molecular complexity index is 493. The summed E-state index contributed by atoms with van der Waals surface area (Å²) in [5.74, 6) is 0. The van der Waals surface area contributed by atoms with E-state index in [4.69, 9.17) is 33.7 Å². The number of benzene rings is 1. The molecule has 0 aliphatic carbocycles. The fourth-order valence-corrected chi connectivity index (χ4v) is 3.49. The number of hydrogen-bond donors (Lipinski definition) is 1. The topological polar surface area (TPSA) is 38.5 Å². The first-order chi connectivity index (χ1) is 9.78. The van der Waals surface area contributed by atoms with Crippen molar-refractivity contribution < 1.29 is 4.74 Å². The standard InChI is InChI=1S/C16H24Cl2N2O/c1-11-9-20(10-16(2,3)21-11)8-7-14(19)12-5-4-6-13(17)15(12)18/h4-6,11,14H,7-10,19H2,1-3H3. The molecule has 2 unspecified atom stereocenters. The van der Waals surface area contributed by atoms with E-state index in [1.165, 1.54) is 0 Å². The Morgan fingerprint density at radius 1 is 1.43 bits per heavy atom. The van der Waals surface area contributed by atoms with Crippen LogP contribution in [-0.4, -0.2) is 36.2 Å². The van der Waals surface area contributed by atoms with E-state index in [-0.39, 0.29) is 17.7 Å². The molecule has 1 aliphatic heterocycles. The largest absolute Gasteiger partial charge is 0.370 e. The first kappa shape index (κ1) is 17.0. The van der Waals surface area contributed by atoms with Crippen LogP contribution in [0.3, 0.4) is 0 Å². The van der Waals surface area contributed by atoms with Crippen molar-refractivity contribution in [3.8, 4) is 0 Å². The lowest BCUT2D eigenvalue weighted by Gasteiger charge is -2.42. The molecule has 1 aliphatic rings. The third kappa shape index (κ3) is 4.57. The van der Waals surface area contributed by atoms with Gasteiger partial charge in [-0.3, -0.25) is 4.90 Å². The van der Waals surface area contributed by atoms with Gasteiger partial charge in [-0.2, -0.15) is 0 Å². The minimum absolute atomic E-state index is 0.0996. The second-order valence-corrected chi connectivity index (χ2v) is 7.25. The summed E-state index contributed by atoms with van der Waals surface area (Å²) >= 11 is 12.3. The molecule has 1 heterocycles. The number of nitrogens with zero attached hydrogens (tertiary/aromatic N) is 1. The van der Waals surface area contributed by atoms with Crippen molar-refractivity contribution in [2.45, 2.75) is 44.9 Å². The summed E-state index contributed by atoms with van der Waals surface area (Å²) < 4.78 is 5.92. The van der Waals surface area contributed by atoms with Crippen molar-refractivity contribution in [3.63, 3.8) is 0 Å². The van der Waals surface area contributed by atoms with Crippen LogP contribution in [0.25, 0.3) is 0 Å². The van der Waals surface area contributed by atoms with Gasteiger partial charge in [0, 0.05) is 25.7 Å². The van der Waals surface area contributed by atoms with Gasteiger partial charge in [-0.15, -0.1) is 0 Å². The van der Waals surface area contributed by atoms with E-state index >= 15 is 0 Å². The summed E-state index contributed by atoms with van der Waals surface area (Å²) in [4.78, 5) is 2.41. The van der Waals surface area contributed by atoms with E-state index in [1.807, 2.05) is 12.1 Å². The molecule has 5 heteroatoms. The Morgan fingerprint density at radius 2 is 2.14 bits per heavy atom. The molecule has 0 aromatic heterocycles. The second-order valence-electron chi connectivity index (χ2n) is 6.46. The SMILES string of the molecule is CC1CN(CCC(N)c2cccc(Cl)c2Cl)CC(C)(C)O1. The first-order valence-electron chi connectivity index (χ1n) is 7.38. The van der Waals surface area contributed by atoms with Crippen molar-refractivity contribution in [2.75, 3.05) is 19.6 Å². The number of halogens is 2. The second kappa shape index (κ2) is 6.84. The Kier molecular flexibility index (Phi) is 5.55. The van der Waals surface area contributed by atoms with Crippen LogP contribution in [0, 0.1) is 0 Å². The van der Waals surface area contributed by atoms with Gasteiger partial charge in [0.2, 0.25) is 0 Å². The third-order valence-electron chi connectivity index (χ3n) is 3.78. The summed E-state index contributed by atoms with van der Waals surface area (Å²) in [6.07, 6.45) is 1.10. The molecule has 0 bridgehead atoms. The van der Waals surface area contributed by atoms with E-state index < -0.39 is 0 Å². The van der Waals surface area contributed by atoms with Crippen LogP contribution in [0.5, 0.6) is 0 Å². The highest BCUT2D eigenvalue weighted by atomic mass is 35.5. The molecule has 21 heavy (non-hydrogen) atoms. The molecular weight excluding hydrogens is 307 g/mol. The Hall–Kier alpha value is -0.320. The number of hydrogen-bond acceptors (Lipinski definition) is 3.